The number of nitrogens with two attached hydrogens (primary N) is 1. The monoisotopic (exact) mass is 214 g/mol. The second kappa shape index (κ2) is 5.25. The molecule has 0 aromatic carbocycles. The highest BCUT2D eigenvalue weighted by atomic mass is 16.7. The molecular weight excluding hydrogens is 192 g/mol. The minimum atomic E-state index is 0.325. The summed E-state index contributed by atoms with van der Waals surface area (Å²) in [6.07, 6.45) is 2.63. The first-order valence-electron chi connectivity index (χ1n) is 5.93. The van der Waals surface area contributed by atoms with Crippen molar-refractivity contribution in [1.29, 1.82) is 0 Å². The largest absolute Gasteiger partial charge is 0.355 e. The van der Waals surface area contributed by atoms with Crippen molar-refractivity contribution in [1.82, 2.24) is 4.90 Å². The highest BCUT2D eigenvalue weighted by Crippen LogP contribution is 2.20. The van der Waals surface area contributed by atoms with Gasteiger partial charge in [-0.05, 0) is 32.2 Å². The zero-order valence-electron chi connectivity index (χ0n) is 9.52. The highest BCUT2D eigenvalue weighted by molar-refractivity contribution is 4.82. The molecule has 0 aromatic rings. The molecule has 0 bridgehead atoms. The Hall–Kier alpha value is -0.160. The summed E-state index contributed by atoms with van der Waals surface area (Å²) in [5, 5.41) is 0. The van der Waals surface area contributed by atoms with Gasteiger partial charge in [0.1, 0.15) is 6.79 Å². The van der Waals surface area contributed by atoms with Crippen LogP contribution in [0, 0.1) is 5.92 Å². The van der Waals surface area contributed by atoms with Gasteiger partial charge in [-0.1, -0.05) is 0 Å². The summed E-state index contributed by atoms with van der Waals surface area (Å²) in [5.41, 5.74) is 5.92. The van der Waals surface area contributed by atoms with Gasteiger partial charge in [0.25, 0.3) is 0 Å². The first-order chi connectivity index (χ1) is 7.25. The Morgan fingerprint density at radius 2 is 2.33 bits per heavy atom. The molecule has 0 radical (unpaired) electrons. The summed E-state index contributed by atoms with van der Waals surface area (Å²) < 4.78 is 10.7. The molecule has 2 N–H and O–H groups in total. The SMILES string of the molecule is CC(N)C1CCN(CC2CCOCO2)C1. The second-order valence-corrected chi connectivity index (χ2v) is 4.77. The first kappa shape index (κ1) is 11.3. The van der Waals surface area contributed by atoms with Crippen molar-refractivity contribution in [3.05, 3.63) is 0 Å². The summed E-state index contributed by atoms with van der Waals surface area (Å²) in [5.74, 6) is 0.671. The van der Waals surface area contributed by atoms with Crippen LogP contribution in [0.3, 0.4) is 0 Å². The fourth-order valence-electron chi connectivity index (χ4n) is 2.39. The number of hydrogen-bond donors (Lipinski definition) is 1. The van der Waals surface area contributed by atoms with Crippen molar-refractivity contribution in [2.45, 2.75) is 31.9 Å². The van der Waals surface area contributed by atoms with Crippen LogP contribution in [0.4, 0.5) is 0 Å². The molecule has 4 nitrogen and oxygen atoms in total. The van der Waals surface area contributed by atoms with Crippen LogP contribution in [0.15, 0.2) is 0 Å². The number of likely N-dealkylation sites (tertiary alicyclic amines) is 1. The van der Waals surface area contributed by atoms with Crippen molar-refractivity contribution >= 4 is 0 Å². The fourth-order valence-corrected chi connectivity index (χ4v) is 2.39. The molecule has 3 unspecified atom stereocenters. The third-order valence-corrected chi connectivity index (χ3v) is 3.49. The molecule has 0 spiro atoms. The van der Waals surface area contributed by atoms with Crippen LogP contribution in [-0.4, -0.2) is 50.1 Å². The Balaban J connectivity index is 1.71. The average Bonchev–Trinajstić information content (AvgIpc) is 2.68. The van der Waals surface area contributed by atoms with E-state index in [2.05, 4.69) is 11.8 Å². The zero-order chi connectivity index (χ0) is 10.7. The lowest BCUT2D eigenvalue weighted by atomic mass is 10.0. The molecule has 2 aliphatic heterocycles. The zero-order valence-corrected chi connectivity index (χ0v) is 9.52. The molecule has 0 amide bonds. The lowest BCUT2D eigenvalue weighted by Gasteiger charge is -2.27. The van der Waals surface area contributed by atoms with E-state index < -0.39 is 0 Å². The van der Waals surface area contributed by atoms with Gasteiger partial charge in [-0.15, -0.1) is 0 Å². The number of ether oxygens (including phenoxy) is 2. The normalized spacial score (nSPS) is 35.6. The molecule has 4 heteroatoms. The van der Waals surface area contributed by atoms with Crippen LogP contribution in [0.2, 0.25) is 0 Å². The molecular formula is C11H22N2O2. The smallest absolute Gasteiger partial charge is 0.147 e. The van der Waals surface area contributed by atoms with Gasteiger partial charge in [-0.25, -0.2) is 0 Å². The van der Waals surface area contributed by atoms with E-state index in [1.807, 2.05) is 0 Å². The molecule has 2 saturated heterocycles. The van der Waals surface area contributed by atoms with Gasteiger partial charge < -0.3 is 20.1 Å². The Bertz CT molecular complexity index is 193. The Morgan fingerprint density at radius 1 is 1.47 bits per heavy atom. The van der Waals surface area contributed by atoms with E-state index in [-0.39, 0.29) is 0 Å². The van der Waals surface area contributed by atoms with E-state index in [4.69, 9.17) is 15.2 Å². The third-order valence-electron chi connectivity index (χ3n) is 3.49. The molecule has 2 aliphatic rings. The maximum atomic E-state index is 5.92. The molecule has 88 valence electrons. The van der Waals surface area contributed by atoms with E-state index in [0.29, 0.717) is 24.9 Å². The van der Waals surface area contributed by atoms with Gasteiger partial charge in [-0.2, -0.15) is 0 Å². The van der Waals surface area contributed by atoms with Crippen LogP contribution in [0.25, 0.3) is 0 Å². The van der Waals surface area contributed by atoms with Gasteiger partial charge in [0.15, 0.2) is 0 Å². The third kappa shape index (κ3) is 3.14. The predicted octanol–water partition coefficient (Wildman–Crippen LogP) is 0.419. The van der Waals surface area contributed by atoms with E-state index >= 15 is 0 Å². The minimum Gasteiger partial charge on any atom is -0.355 e. The van der Waals surface area contributed by atoms with E-state index in [0.717, 1.165) is 26.1 Å². The van der Waals surface area contributed by atoms with Crippen molar-refractivity contribution in [2.75, 3.05) is 33.0 Å². The summed E-state index contributed by atoms with van der Waals surface area (Å²) in [7, 11) is 0. The first-order valence-corrected chi connectivity index (χ1v) is 5.93. The average molecular weight is 214 g/mol. The number of hydrogen-bond acceptors (Lipinski definition) is 4. The molecule has 15 heavy (non-hydrogen) atoms. The maximum absolute atomic E-state index is 5.92. The standard InChI is InChI=1S/C11H22N2O2/c1-9(12)10-2-4-13(6-10)7-11-3-5-14-8-15-11/h9-11H,2-8,12H2,1H3. The minimum absolute atomic E-state index is 0.325. The Kier molecular flexibility index (Phi) is 3.97. The van der Waals surface area contributed by atoms with Gasteiger partial charge in [0.2, 0.25) is 0 Å². The van der Waals surface area contributed by atoms with Crippen LogP contribution in [0.5, 0.6) is 0 Å². The van der Waals surface area contributed by atoms with Crippen LogP contribution < -0.4 is 5.73 Å². The van der Waals surface area contributed by atoms with E-state index in [1.54, 1.807) is 0 Å². The second-order valence-electron chi connectivity index (χ2n) is 4.77. The topological polar surface area (TPSA) is 47.7 Å². The molecule has 2 fully saturated rings. The van der Waals surface area contributed by atoms with E-state index in [9.17, 15) is 0 Å². The van der Waals surface area contributed by atoms with Gasteiger partial charge in [0.05, 0.1) is 12.7 Å². The van der Waals surface area contributed by atoms with E-state index in [1.165, 1.54) is 13.0 Å². The van der Waals surface area contributed by atoms with Gasteiger partial charge >= 0.3 is 0 Å². The highest BCUT2D eigenvalue weighted by Gasteiger charge is 2.27. The Morgan fingerprint density at radius 3 is 2.93 bits per heavy atom. The van der Waals surface area contributed by atoms with Crippen molar-refractivity contribution in [3.63, 3.8) is 0 Å². The number of rotatable bonds is 3. The summed E-state index contributed by atoms with van der Waals surface area (Å²) in [6.45, 7) is 6.78. The quantitative estimate of drug-likeness (QED) is 0.739. The lowest BCUT2D eigenvalue weighted by molar-refractivity contribution is -0.143. The van der Waals surface area contributed by atoms with Crippen LogP contribution in [0.1, 0.15) is 19.8 Å². The fraction of sp³-hybridized carbons (Fsp3) is 1.00. The summed E-state index contributed by atoms with van der Waals surface area (Å²) in [6, 6.07) is 0.325. The van der Waals surface area contributed by atoms with Crippen molar-refractivity contribution in [2.24, 2.45) is 11.7 Å². The van der Waals surface area contributed by atoms with Gasteiger partial charge in [0, 0.05) is 19.1 Å². The molecule has 0 aromatic heterocycles. The summed E-state index contributed by atoms with van der Waals surface area (Å²) in [4.78, 5) is 2.48. The molecule has 0 saturated carbocycles. The summed E-state index contributed by atoms with van der Waals surface area (Å²) >= 11 is 0. The van der Waals surface area contributed by atoms with Crippen LogP contribution in [-0.2, 0) is 9.47 Å². The predicted molar refractivity (Wildman–Crippen MR) is 58.5 cm³/mol. The van der Waals surface area contributed by atoms with Crippen LogP contribution >= 0.6 is 0 Å². The van der Waals surface area contributed by atoms with Crippen molar-refractivity contribution in [3.8, 4) is 0 Å². The molecule has 2 rings (SSSR count). The molecule has 3 atom stereocenters. The number of nitrogens with zero attached hydrogens (tertiary/aromatic N) is 1. The molecule has 2 heterocycles. The van der Waals surface area contributed by atoms with Gasteiger partial charge in [-0.3, -0.25) is 0 Å². The molecule has 0 aliphatic carbocycles. The van der Waals surface area contributed by atoms with Crippen molar-refractivity contribution < 1.29 is 9.47 Å². The maximum Gasteiger partial charge on any atom is 0.147 e. The Labute approximate surface area is 91.7 Å². The lowest BCUT2D eigenvalue weighted by Crippen LogP contribution is -2.37.